The van der Waals surface area contributed by atoms with Crippen molar-refractivity contribution >= 4 is 38.7 Å². The van der Waals surface area contributed by atoms with Gasteiger partial charge in [0, 0.05) is 11.0 Å². The van der Waals surface area contributed by atoms with E-state index in [9.17, 15) is 0 Å². The minimum atomic E-state index is 0.365. The zero-order valence-electron chi connectivity index (χ0n) is 12.2. The molecule has 0 aliphatic carbocycles. The number of alkyl halides is 1. The van der Waals surface area contributed by atoms with E-state index in [1.165, 1.54) is 5.56 Å². The van der Waals surface area contributed by atoms with Crippen LogP contribution in [0, 0.1) is 13.8 Å². The second kappa shape index (κ2) is 5.46. The van der Waals surface area contributed by atoms with Crippen LogP contribution in [0.5, 0.6) is 0 Å². The Hall–Kier alpha value is -1.33. The van der Waals surface area contributed by atoms with Crippen molar-refractivity contribution in [2.75, 3.05) is 0 Å². The first kappa shape index (κ1) is 14.6. The summed E-state index contributed by atoms with van der Waals surface area (Å²) in [7, 11) is 0. The molecule has 0 radical (unpaired) electrons. The predicted octanol–water partition coefficient (Wildman–Crippen LogP) is 4.36. The van der Waals surface area contributed by atoms with Crippen LogP contribution in [-0.4, -0.2) is 19.3 Å². The number of benzene rings is 1. The summed E-state index contributed by atoms with van der Waals surface area (Å²) in [4.78, 5) is 4.68. The molecule has 3 aromatic rings. The minimum Gasteiger partial charge on any atom is -0.280 e. The van der Waals surface area contributed by atoms with Gasteiger partial charge in [0.25, 0.3) is 0 Å². The monoisotopic (exact) mass is 366 g/mol. The second-order valence-corrected chi connectivity index (χ2v) is 6.18. The van der Waals surface area contributed by atoms with E-state index >= 15 is 0 Å². The van der Waals surface area contributed by atoms with Gasteiger partial charge in [0.15, 0.2) is 5.65 Å². The Morgan fingerprint density at radius 3 is 2.71 bits per heavy atom. The quantitative estimate of drug-likeness (QED) is 0.645. The molecular formula is C15H16BrClN4. The lowest BCUT2D eigenvalue weighted by Gasteiger charge is -2.12. The summed E-state index contributed by atoms with van der Waals surface area (Å²) in [6.07, 6.45) is 0. The maximum Gasteiger partial charge on any atom is 0.163 e. The third-order valence-electron chi connectivity index (χ3n) is 3.61. The molecular weight excluding hydrogens is 352 g/mol. The van der Waals surface area contributed by atoms with Crippen molar-refractivity contribution in [2.24, 2.45) is 0 Å². The van der Waals surface area contributed by atoms with Crippen LogP contribution >= 0.6 is 27.5 Å². The fourth-order valence-corrected chi connectivity index (χ4v) is 3.13. The molecule has 2 heterocycles. The van der Waals surface area contributed by atoms with E-state index in [0.717, 1.165) is 39.4 Å². The van der Waals surface area contributed by atoms with E-state index in [2.05, 4.69) is 56.6 Å². The number of hydrogen-bond donors (Lipinski definition) is 0. The van der Waals surface area contributed by atoms with Gasteiger partial charge in [-0.1, -0.05) is 22.0 Å². The predicted molar refractivity (Wildman–Crippen MR) is 89.3 cm³/mol. The molecule has 0 aliphatic rings. The van der Waals surface area contributed by atoms with Crippen LogP contribution in [0.2, 0.25) is 0 Å². The average molecular weight is 368 g/mol. The highest BCUT2D eigenvalue weighted by Gasteiger charge is 2.20. The Morgan fingerprint density at radius 1 is 1.29 bits per heavy atom. The molecule has 6 heteroatoms. The van der Waals surface area contributed by atoms with E-state index in [1.54, 1.807) is 0 Å². The fourth-order valence-electron chi connectivity index (χ4n) is 2.60. The van der Waals surface area contributed by atoms with Crippen molar-refractivity contribution in [3.8, 4) is 5.69 Å². The van der Waals surface area contributed by atoms with Crippen molar-refractivity contribution in [3.63, 3.8) is 0 Å². The highest BCUT2D eigenvalue weighted by atomic mass is 79.9. The molecule has 0 atom stereocenters. The third kappa shape index (κ3) is 2.28. The Kier molecular flexibility index (Phi) is 3.80. The first-order valence-electron chi connectivity index (χ1n) is 6.84. The smallest absolute Gasteiger partial charge is 0.163 e. The Balaban J connectivity index is 2.42. The molecule has 0 saturated heterocycles. The summed E-state index contributed by atoms with van der Waals surface area (Å²) in [5, 5.41) is 4.56. The Morgan fingerprint density at radius 2 is 2.05 bits per heavy atom. The molecule has 4 nitrogen and oxygen atoms in total. The molecule has 0 N–H and O–H groups in total. The maximum absolute atomic E-state index is 6.13. The van der Waals surface area contributed by atoms with Crippen LogP contribution < -0.4 is 0 Å². The van der Waals surface area contributed by atoms with Crippen molar-refractivity contribution in [3.05, 3.63) is 39.8 Å². The summed E-state index contributed by atoms with van der Waals surface area (Å²) in [6.45, 7) is 6.95. The van der Waals surface area contributed by atoms with Gasteiger partial charge in [-0.3, -0.25) is 4.57 Å². The van der Waals surface area contributed by atoms with Crippen LogP contribution in [0.15, 0.2) is 22.7 Å². The van der Waals surface area contributed by atoms with E-state index in [1.807, 2.05) is 17.7 Å². The maximum atomic E-state index is 6.13. The second-order valence-electron chi connectivity index (χ2n) is 5.00. The van der Waals surface area contributed by atoms with Gasteiger partial charge in [-0.15, -0.1) is 11.6 Å². The van der Waals surface area contributed by atoms with E-state index in [4.69, 9.17) is 11.6 Å². The average Bonchev–Trinajstić information content (AvgIpc) is 2.99. The van der Waals surface area contributed by atoms with Crippen molar-refractivity contribution in [1.82, 2.24) is 19.3 Å². The topological polar surface area (TPSA) is 35.6 Å². The largest absolute Gasteiger partial charge is 0.280 e. The molecule has 0 bridgehead atoms. The zero-order chi connectivity index (χ0) is 15.1. The molecule has 0 saturated carbocycles. The molecule has 0 aliphatic heterocycles. The highest BCUT2D eigenvalue weighted by Crippen LogP contribution is 2.28. The molecule has 2 aromatic heterocycles. The highest BCUT2D eigenvalue weighted by molar-refractivity contribution is 9.10. The Labute approximate surface area is 136 Å². The lowest BCUT2D eigenvalue weighted by Crippen LogP contribution is -2.07. The van der Waals surface area contributed by atoms with E-state index < -0.39 is 0 Å². The van der Waals surface area contributed by atoms with Crippen LogP contribution in [0.4, 0.5) is 0 Å². The van der Waals surface area contributed by atoms with Crippen molar-refractivity contribution in [1.29, 1.82) is 0 Å². The Bertz CT molecular complexity index is 819. The summed E-state index contributed by atoms with van der Waals surface area (Å²) >= 11 is 9.67. The number of nitrogens with zero attached hydrogens (tertiary/aromatic N) is 4. The van der Waals surface area contributed by atoms with Gasteiger partial charge in [-0.25, -0.2) is 9.67 Å². The molecule has 21 heavy (non-hydrogen) atoms. The number of fused-ring (bicyclic) bond motifs is 1. The zero-order valence-corrected chi connectivity index (χ0v) is 14.5. The number of rotatable bonds is 3. The lowest BCUT2D eigenvalue weighted by molar-refractivity contribution is 0.660. The number of imidazole rings is 1. The van der Waals surface area contributed by atoms with E-state index in [-0.39, 0.29) is 0 Å². The van der Waals surface area contributed by atoms with E-state index in [0.29, 0.717) is 5.88 Å². The van der Waals surface area contributed by atoms with Crippen LogP contribution in [0.3, 0.4) is 0 Å². The van der Waals surface area contributed by atoms with Crippen molar-refractivity contribution in [2.45, 2.75) is 33.2 Å². The van der Waals surface area contributed by atoms with Crippen LogP contribution in [-0.2, 0) is 12.4 Å². The fraction of sp³-hybridized carbons (Fsp3) is 0.333. The first-order chi connectivity index (χ1) is 10.1. The summed E-state index contributed by atoms with van der Waals surface area (Å²) < 4.78 is 5.13. The minimum absolute atomic E-state index is 0.365. The molecule has 110 valence electrons. The summed E-state index contributed by atoms with van der Waals surface area (Å²) in [5.41, 5.74) is 5.12. The number of halogens is 2. The number of hydrogen-bond acceptors (Lipinski definition) is 2. The third-order valence-corrected chi connectivity index (χ3v) is 4.34. The van der Waals surface area contributed by atoms with Gasteiger partial charge in [0.1, 0.15) is 11.3 Å². The molecule has 3 rings (SSSR count). The first-order valence-corrected chi connectivity index (χ1v) is 8.16. The van der Waals surface area contributed by atoms with Gasteiger partial charge in [-0.2, -0.15) is 5.10 Å². The van der Waals surface area contributed by atoms with Gasteiger partial charge in [0.2, 0.25) is 0 Å². The van der Waals surface area contributed by atoms with Gasteiger partial charge in [-0.05, 0) is 38.5 Å². The van der Waals surface area contributed by atoms with Crippen molar-refractivity contribution < 1.29 is 0 Å². The van der Waals surface area contributed by atoms with Gasteiger partial charge in [0.05, 0.1) is 17.3 Å². The number of aryl methyl sites for hydroxylation is 3. The van der Waals surface area contributed by atoms with Gasteiger partial charge < -0.3 is 0 Å². The summed E-state index contributed by atoms with van der Waals surface area (Å²) in [6, 6.07) is 6.22. The molecule has 0 spiro atoms. The molecule has 0 amide bonds. The molecule has 1 aromatic carbocycles. The normalized spacial score (nSPS) is 11.5. The molecule has 0 fully saturated rings. The van der Waals surface area contributed by atoms with Crippen LogP contribution in [0.1, 0.15) is 24.0 Å². The van der Waals surface area contributed by atoms with Gasteiger partial charge >= 0.3 is 0 Å². The van der Waals surface area contributed by atoms with Crippen LogP contribution in [0.25, 0.3) is 16.9 Å². The molecule has 0 unspecified atom stereocenters. The SMILES string of the molecule is CCn1nc(C)c2nc(CCl)n(-c3cc(Br)ccc3C)c21. The number of aromatic nitrogens is 4. The lowest BCUT2D eigenvalue weighted by atomic mass is 10.2. The standard InChI is InChI=1S/C15H16BrClN4/c1-4-20-15-14(10(3)19-20)18-13(8-17)21(15)12-7-11(16)6-5-9(12)2/h5-7H,4,8H2,1-3H3. The summed E-state index contributed by atoms with van der Waals surface area (Å²) in [5.74, 6) is 1.21.